The molecule has 5 heavy (non-hydrogen) atoms. The molecule has 0 aliphatic carbocycles. The maximum absolute atomic E-state index is 8.81. The van der Waals surface area contributed by atoms with Crippen molar-refractivity contribution in [1.29, 1.82) is 0 Å². The monoisotopic (exact) mass is 252 g/mol. The summed E-state index contributed by atoms with van der Waals surface area (Å²) in [4.78, 5) is 0. The summed E-state index contributed by atoms with van der Waals surface area (Å²) in [7, 11) is 0. The van der Waals surface area contributed by atoms with Crippen molar-refractivity contribution in [2.24, 2.45) is 0 Å². The second-order valence-electron chi connectivity index (χ2n) is 0.231. The molecule has 0 aliphatic heterocycles. The Morgan fingerprint density at radius 2 is 1.40 bits per heavy atom. The number of hydrogen-bond donors (Lipinski definition) is 2. The van der Waals surface area contributed by atoms with E-state index in [1.807, 2.05) is 0 Å². The average molecular weight is 250 g/mol. The molecule has 0 spiro atoms. The van der Waals surface area contributed by atoms with Gasteiger partial charge in [0.25, 0.3) is 0 Å². The molecule has 0 aromatic heterocycles. The Bertz CT molecular complexity index is 29.9. The molecule has 32 valence electrons. The second-order valence-corrected chi connectivity index (χ2v) is 1.55. The Morgan fingerprint density at radius 1 is 1.40 bits per heavy atom. The van der Waals surface area contributed by atoms with Gasteiger partial charge in [-0.1, -0.05) is 0 Å². The van der Waals surface area contributed by atoms with Crippen molar-refractivity contribution in [3.63, 3.8) is 0 Å². The fourth-order valence-corrected chi connectivity index (χ4v) is 0. The molecule has 0 atom stereocenters. The molecule has 0 rings (SSSR count). The summed E-state index contributed by atoms with van der Waals surface area (Å²) >= 11 is -3.61. The van der Waals surface area contributed by atoms with Crippen molar-refractivity contribution in [2.45, 2.75) is 0 Å². The van der Waals surface area contributed by atoms with Crippen LogP contribution in [0.15, 0.2) is 0 Å². The van der Waals surface area contributed by atoms with Crippen molar-refractivity contribution in [3.8, 4) is 0 Å². The topological polar surface area (TPSA) is 57.5 Å². The van der Waals surface area contributed by atoms with Gasteiger partial charge in [0, 0.05) is 0 Å². The van der Waals surface area contributed by atoms with E-state index in [4.69, 9.17) is 10.0 Å². The normalized spacial score (nSPS) is 7.00. The summed E-state index contributed by atoms with van der Waals surface area (Å²) in [5, 5.41) is 0. The first kappa shape index (κ1) is 9.47. The zero-order valence-electron chi connectivity index (χ0n) is 1.71. The van der Waals surface area contributed by atoms with Crippen molar-refractivity contribution < 1.29 is 10.0 Å². The van der Waals surface area contributed by atoms with Gasteiger partial charge in [-0.05, 0) is 0 Å². The zero-order valence-corrected chi connectivity index (χ0v) is 4.04. The van der Waals surface area contributed by atoms with E-state index in [-0.39, 0.29) is 19.8 Å². The Labute approximate surface area is 50.2 Å². The van der Waals surface area contributed by atoms with Gasteiger partial charge >= 0.3 is 50.2 Å². The SMILES string of the molecule is O=[Te](O)O.[GaH3]. The molecule has 0 bridgehead atoms. The second kappa shape index (κ2) is 5.15. The molecule has 0 unspecified atom stereocenters. The van der Waals surface area contributed by atoms with Crippen molar-refractivity contribution >= 4 is 40.1 Å². The van der Waals surface area contributed by atoms with Crippen LogP contribution in [0.25, 0.3) is 0 Å². The van der Waals surface area contributed by atoms with Gasteiger partial charge in [0.1, 0.15) is 0 Å². The van der Waals surface area contributed by atoms with Crippen LogP contribution in [-0.2, 0) is 3.10 Å². The Hall–Kier alpha value is 1.15. The van der Waals surface area contributed by atoms with Gasteiger partial charge in [-0.25, -0.2) is 0 Å². The molecule has 0 heterocycles. The molecule has 0 aliphatic rings. The van der Waals surface area contributed by atoms with Crippen LogP contribution < -0.4 is 0 Å². The van der Waals surface area contributed by atoms with Crippen LogP contribution in [0, 0.1) is 0 Å². The molecule has 0 amide bonds. The van der Waals surface area contributed by atoms with E-state index in [2.05, 4.69) is 0 Å². The summed E-state index contributed by atoms with van der Waals surface area (Å²) in [6, 6.07) is 0. The van der Waals surface area contributed by atoms with Gasteiger partial charge in [0.15, 0.2) is 0 Å². The molecular weight excluding hydrogens is 245 g/mol. The van der Waals surface area contributed by atoms with E-state index in [9.17, 15) is 0 Å². The number of hydrogen-bond acceptors (Lipinski definition) is 1. The Kier molecular flexibility index (Phi) is 9.74. The standard InChI is InChI=1S/Ga.H2O3Te.3H/c;1-4(2)3;;;/h;(H2,1,2,3);;;. The van der Waals surface area contributed by atoms with E-state index in [1.54, 1.807) is 0 Å². The van der Waals surface area contributed by atoms with Gasteiger partial charge in [-0.15, -0.1) is 0 Å². The van der Waals surface area contributed by atoms with Gasteiger partial charge in [-0.2, -0.15) is 0 Å². The third kappa shape index (κ3) is 38.8. The molecule has 0 aromatic carbocycles. The molecule has 3 nitrogen and oxygen atoms in total. The fraction of sp³-hybridized carbons (Fsp3) is 0. The quantitative estimate of drug-likeness (QED) is 0.457. The van der Waals surface area contributed by atoms with Crippen LogP contribution in [0.3, 0.4) is 0 Å². The third-order valence-electron chi connectivity index (χ3n) is 0. The van der Waals surface area contributed by atoms with Crippen LogP contribution in [0.1, 0.15) is 0 Å². The van der Waals surface area contributed by atoms with Gasteiger partial charge < -0.3 is 0 Å². The molecule has 0 saturated carbocycles. The molecule has 0 fully saturated rings. The summed E-state index contributed by atoms with van der Waals surface area (Å²) in [6.07, 6.45) is 0. The summed E-state index contributed by atoms with van der Waals surface area (Å²) in [5.41, 5.74) is 0. The van der Waals surface area contributed by atoms with Gasteiger partial charge in [0.2, 0.25) is 0 Å². The van der Waals surface area contributed by atoms with Crippen LogP contribution in [0.4, 0.5) is 0 Å². The number of rotatable bonds is 0. The average Bonchev–Trinajstić information content (AvgIpc) is 0.811. The predicted octanol–water partition coefficient (Wildman–Crippen LogP) is -2.80. The van der Waals surface area contributed by atoms with Crippen LogP contribution in [-0.4, -0.2) is 47.1 Å². The summed E-state index contributed by atoms with van der Waals surface area (Å²) < 4.78 is 23.3. The molecule has 5 heteroatoms. The molecule has 2 N–H and O–H groups in total. The third-order valence-corrected chi connectivity index (χ3v) is 0. The minimum atomic E-state index is -3.61. The molecule has 0 saturated heterocycles. The Balaban J connectivity index is 0. The zero-order chi connectivity index (χ0) is 3.58. The van der Waals surface area contributed by atoms with Crippen molar-refractivity contribution in [3.05, 3.63) is 0 Å². The van der Waals surface area contributed by atoms with Crippen molar-refractivity contribution in [2.75, 3.05) is 0 Å². The van der Waals surface area contributed by atoms with E-state index >= 15 is 0 Å². The first-order valence-corrected chi connectivity index (χ1v) is 3.57. The summed E-state index contributed by atoms with van der Waals surface area (Å²) in [5.74, 6) is 0. The van der Waals surface area contributed by atoms with Crippen LogP contribution in [0.2, 0.25) is 0 Å². The maximum atomic E-state index is 8.81. The fourth-order valence-electron chi connectivity index (χ4n) is 0. The van der Waals surface area contributed by atoms with E-state index in [0.717, 1.165) is 0 Å². The van der Waals surface area contributed by atoms with Crippen LogP contribution >= 0.6 is 0 Å². The van der Waals surface area contributed by atoms with Gasteiger partial charge in [-0.3, -0.25) is 0 Å². The Morgan fingerprint density at radius 3 is 1.40 bits per heavy atom. The first-order chi connectivity index (χ1) is 1.73. The molecule has 0 radical (unpaired) electrons. The van der Waals surface area contributed by atoms with Gasteiger partial charge in [0.05, 0.1) is 0 Å². The minimum absolute atomic E-state index is 0. The van der Waals surface area contributed by atoms with E-state index < -0.39 is 20.4 Å². The summed E-state index contributed by atoms with van der Waals surface area (Å²) in [6.45, 7) is 0. The van der Waals surface area contributed by atoms with E-state index in [1.165, 1.54) is 0 Å². The molecular formula is H5GaO3Te. The van der Waals surface area contributed by atoms with Crippen molar-refractivity contribution in [1.82, 2.24) is 0 Å². The first-order valence-electron chi connectivity index (χ1n) is 0.532. The molecule has 0 aromatic rings. The van der Waals surface area contributed by atoms with Crippen LogP contribution in [0.5, 0.6) is 0 Å². The van der Waals surface area contributed by atoms with E-state index in [0.29, 0.717) is 0 Å². The predicted molar refractivity (Wildman–Crippen MR) is 20.8 cm³/mol.